The van der Waals surface area contributed by atoms with Crippen LogP contribution >= 0.6 is 0 Å². The highest BCUT2D eigenvalue weighted by molar-refractivity contribution is 5.75. The summed E-state index contributed by atoms with van der Waals surface area (Å²) < 4.78 is 12.3. The molecule has 0 unspecified atom stereocenters. The van der Waals surface area contributed by atoms with Crippen LogP contribution in [0.1, 0.15) is 5.56 Å². The fourth-order valence-electron chi connectivity index (χ4n) is 0.458. The SMILES string of the molecule is O=[C]c1ccncc1F. The van der Waals surface area contributed by atoms with Crippen LogP contribution in [0.4, 0.5) is 4.39 Å². The van der Waals surface area contributed by atoms with E-state index < -0.39 is 5.82 Å². The summed E-state index contributed by atoms with van der Waals surface area (Å²) >= 11 is 0. The Labute approximate surface area is 51.3 Å². The first-order valence-corrected chi connectivity index (χ1v) is 2.32. The highest BCUT2D eigenvalue weighted by atomic mass is 19.1. The van der Waals surface area contributed by atoms with Crippen LogP contribution in [0.3, 0.4) is 0 Å². The molecule has 0 aromatic carbocycles. The Morgan fingerprint density at radius 3 is 2.89 bits per heavy atom. The number of aromatic nitrogens is 1. The van der Waals surface area contributed by atoms with Crippen molar-refractivity contribution in [1.82, 2.24) is 4.98 Å². The summed E-state index contributed by atoms with van der Waals surface area (Å²) in [5.74, 6) is -0.632. The lowest BCUT2D eigenvalue weighted by molar-refractivity contribution is 0.556. The summed E-state index contributed by atoms with van der Waals surface area (Å²) in [5, 5.41) is 0. The van der Waals surface area contributed by atoms with Gasteiger partial charge >= 0.3 is 0 Å². The zero-order valence-electron chi connectivity index (χ0n) is 4.47. The molecule has 3 heteroatoms. The largest absolute Gasteiger partial charge is 0.285 e. The molecule has 1 rings (SSSR count). The van der Waals surface area contributed by atoms with E-state index in [0.717, 1.165) is 6.20 Å². The van der Waals surface area contributed by atoms with Gasteiger partial charge in [0.05, 0.1) is 11.8 Å². The molecule has 0 fully saturated rings. The summed E-state index contributed by atoms with van der Waals surface area (Å²) in [4.78, 5) is 13.3. The maximum absolute atomic E-state index is 12.3. The minimum atomic E-state index is -0.632. The Bertz CT molecular complexity index is 224. The van der Waals surface area contributed by atoms with Gasteiger partial charge in [0.25, 0.3) is 0 Å². The Hall–Kier alpha value is -1.25. The fourth-order valence-corrected chi connectivity index (χ4v) is 0.458. The molecule has 0 saturated carbocycles. The van der Waals surface area contributed by atoms with Gasteiger partial charge in [-0.25, -0.2) is 4.39 Å². The van der Waals surface area contributed by atoms with Crippen LogP contribution in [-0.2, 0) is 4.79 Å². The van der Waals surface area contributed by atoms with E-state index in [4.69, 9.17) is 0 Å². The number of carbonyl (C=O) groups excluding carboxylic acids is 1. The second-order valence-corrected chi connectivity index (χ2v) is 1.46. The third kappa shape index (κ3) is 1.10. The second-order valence-electron chi connectivity index (χ2n) is 1.46. The lowest BCUT2D eigenvalue weighted by atomic mass is 10.3. The molecule has 1 aromatic rings. The van der Waals surface area contributed by atoms with Gasteiger partial charge in [-0.2, -0.15) is 0 Å². The molecule has 9 heavy (non-hydrogen) atoms. The quantitative estimate of drug-likeness (QED) is 0.551. The monoisotopic (exact) mass is 124 g/mol. The first-order chi connectivity index (χ1) is 4.34. The number of rotatable bonds is 1. The van der Waals surface area contributed by atoms with Gasteiger partial charge in [0, 0.05) is 6.20 Å². The second kappa shape index (κ2) is 2.35. The van der Waals surface area contributed by atoms with Crippen LogP contribution in [0.2, 0.25) is 0 Å². The summed E-state index contributed by atoms with van der Waals surface area (Å²) in [6.45, 7) is 0. The minimum Gasteiger partial charge on any atom is -0.285 e. The highest BCUT2D eigenvalue weighted by Crippen LogP contribution is 1.98. The van der Waals surface area contributed by atoms with E-state index in [-0.39, 0.29) is 5.56 Å². The van der Waals surface area contributed by atoms with Crippen molar-refractivity contribution in [1.29, 1.82) is 0 Å². The molecule has 0 amide bonds. The molecule has 0 aliphatic carbocycles. The topological polar surface area (TPSA) is 30.0 Å². The molecule has 0 saturated heterocycles. The van der Waals surface area contributed by atoms with Crippen LogP contribution in [0.25, 0.3) is 0 Å². The lowest BCUT2D eigenvalue weighted by Gasteiger charge is -1.86. The van der Waals surface area contributed by atoms with E-state index >= 15 is 0 Å². The van der Waals surface area contributed by atoms with Crippen LogP contribution in [0.5, 0.6) is 0 Å². The number of hydrogen-bond donors (Lipinski definition) is 0. The molecule has 45 valence electrons. The Morgan fingerprint density at radius 2 is 2.44 bits per heavy atom. The zero-order valence-corrected chi connectivity index (χ0v) is 4.47. The number of halogens is 1. The van der Waals surface area contributed by atoms with Gasteiger partial charge in [-0.1, -0.05) is 0 Å². The average Bonchev–Trinajstić information content (AvgIpc) is 1.89. The summed E-state index contributed by atoms with van der Waals surface area (Å²) in [5.41, 5.74) is -0.0787. The minimum absolute atomic E-state index is 0.0787. The van der Waals surface area contributed by atoms with E-state index in [1.807, 2.05) is 0 Å². The normalized spacial score (nSPS) is 9.00. The molecule has 0 aliphatic heterocycles. The maximum atomic E-state index is 12.3. The number of nitrogens with zero attached hydrogens (tertiary/aromatic N) is 1. The van der Waals surface area contributed by atoms with Crippen molar-refractivity contribution in [2.45, 2.75) is 0 Å². The predicted octanol–water partition coefficient (Wildman–Crippen LogP) is 0.678. The van der Waals surface area contributed by atoms with Crippen LogP contribution in [0, 0.1) is 5.82 Å². The molecule has 0 spiro atoms. The van der Waals surface area contributed by atoms with Crippen molar-refractivity contribution in [2.24, 2.45) is 0 Å². The van der Waals surface area contributed by atoms with Crippen molar-refractivity contribution in [3.05, 3.63) is 29.8 Å². The lowest BCUT2D eigenvalue weighted by Crippen LogP contribution is -1.86. The molecule has 0 aliphatic rings. The first-order valence-electron chi connectivity index (χ1n) is 2.32. The van der Waals surface area contributed by atoms with Gasteiger partial charge in [0.2, 0.25) is 6.29 Å². The van der Waals surface area contributed by atoms with Gasteiger partial charge < -0.3 is 0 Å². The van der Waals surface area contributed by atoms with Gasteiger partial charge in [0.1, 0.15) is 0 Å². The molecule has 0 bridgehead atoms. The van der Waals surface area contributed by atoms with E-state index in [9.17, 15) is 9.18 Å². The van der Waals surface area contributed by atoms with E-state index in [1.54, 1.807) is 0 Å². The molecular weight excluding hydrogens is 121 g/mol. The third-order valence-corrected chi connectivity index (χ3v) is 0.882. The van der Waals surface area contributed by atoms with Crippen molar-refractivity contribution in [3.8, 4) is 0 Å². The zero-order chi connectivity index (χ0) is 6.69. The third-order valence-electron chi connectivity index (χ3n) is 0.882. The Kier molecular flexibility index (Phi) is 1.53. The highest BCUT2D eigenvalue weighted by Gasteiger charge is 1.97. The Morgan fingerprint density at radius 1 is 1.67 bits per heavy atom. The summed E-state index contributed by atoms with van der Waals surface area (Å²) in [7, 11) is 0. The van der Waals surface area contributed by atoms with Crippen molar-refractivity contribution in [2.75, 3.05) is 0 Å². The van der Waals surface area contributed by atoms with Crippen LogP contribution in [-0.4, -0.2) is 11.3 Å². The average molecular weight is 124 g/mol. The number of pyridine rings is 1. The van der Waals surface area contributed by atoms with Crippen LogP contribution in [0.15, 0.2) is 18.5 Å². The van der Waals surface area contributed by atoms with Crippen molar-refractivity contribution in [3.63, 3.8) is 0 Å². The van der Waals surface area contributed by atoms with E-state index in [2.05, 4.69) is 4.98 Å². The van der Waals surface area contributed by atoms with Crippen molar-refractivity contribution >= 4 is 6.29 Å². The first kappa shape index (κ1) is 5.88. The summed E-state index contributed by atoms with van der Waals surface area (Å²) in [6.07, 6.45) is 3.74. The summed E-state index contributed by atoms with van der Waals surface area (Å²) in [6, 6.07) is 1.27. The Balaban J connectivity index is 3.15. The van der Waals surface area contributed by atoms with Gasteiger partial charge in [0.15, 0.2) is 5.82 Å². The van der Waals surface area contributed by atoms with Gasteiger partial charge in [-0.3, -0.25) is 9.78 Å². The van der Waals surface area contributed by atoms with Crippen molar-refractivity contribution < 1.29 is 9.18 Å². The molecule has 0 atom stereocenters. The van der Waals surface area contributed by atoms with Gasteiger partial charge in [-0.15, -0.1) is 0 Å². The molecule has 1 heterocycles. The molecule has 0 N–H and O–H groups in total. The predicted molar refractivity (Wildman–Crippen MR) is 29.0 cm³/mol. The molecule has 1 aromatic heterocycles. The van der Waals surface area contributed by atoms with Gasteiger partial charge in [-0.05, 0) is 6.07 Å². The van der Waals surface area contributed by atoms with E-state index in [1.165, 1.54) is 18.5 Å². The fraction of sp³-hybridized carbons (Fsp3) is 0. The maximum Gasteiger partial charge on any atom is 0.236 e. The van der Waals surface area contributed by atoms with Crippen LogP contribution < -0.4 is 0 Å². The number of hydrogen-bond acceptors (Lipinski definition) is 2. The standard InChI is InChI=1S/C6H3FNO/c7-6-3-8-2-1-5(6)4-9/h1-3H. The molecular formula is C6H3FNO. The smallest absolute Gasteiger partial charge is 0.236 e. The molecule has 2 nitrogen and oxygen atoms in total. The van der Waals surface area contributed by atoms with E-state index in [0.29, 0.717) is 0 Å². The molecule has 1 radical (unpaired) electrons.